The van der Waals surface area contributed by atoms with Gasteiger partial charge in [0.15, 0.2) is 11.6 Å². The molecule has 0 saturated heterocycles. The lowest BCUT2D eigenvalue weighted by Crippen LogP contribution is -2.33. The molecule has 252 valence electrons. The van der Waals surface area contributed by atoms with E-state index in [0.29, 0.717) is 51.9 Å². The molecule has 0 bridgehead atoms. The van der Waals surface area contributed by atoms with Gasteiger partial charge in [0.05, 0.1) is 23.5 Å². The van der Waals surface area contributed by atoms with Gasteiger partial charge in [-0.2, -0.15) is 5.26 Å². The number of pyridine rings is 1. The fourth-order valence-electron chi connectivity index (χ4n) is 5.48. The van der Waals surface area contributed by atoms with Crippen molar-refractivity contribution in [1.82, 2.24) is 24.9 Å². The molecule has 0 radical (unpaired) electrons. The Morgan fingerprint density at radius 2 is 1.43 bits per heavy atom. The number of para-hydroxylation sites is 1. The molecule has 1 amide bonds. The Kier molecular flexibility index (Phi) is 9.05. The molecule has 3 N–H and O–H groups in total. The predicted molar refractivity (Wildman–Crippen MR) is 200 cm³/mol. The highest BCUT2D eigenvalue weighted by atomic mass is 16.2. The molecule has 1 aliphatic carbocycles. The van der Waals surface area contributed by atoms with Crippen LogP contribution in [0.1, 0.15) is 39.2 Å². The molecule has 1 fully saturated rings. The number of hydrogen-bond acceptors (Lipinski definition) is 10. The summed E-state index contributed by atoms with van der Waals surface area (Å²) < 4.78 is 0. The van der Waals surface area contributed by atoms with Crippen molar-refractivity contribution in [3.8, 4) is 29.0 Å². The van der Waals surface area contributed by atoms with Crippen LogP contribution >= 0.6 is 0 Å². The molecule has 51 heavy (non-hydrogen) atoms. The van der Waals surface area contributed by atoms with Crippen molar-refractivity contribution < 1.29 is 4.79 Å². The van der Waals surface area contributed by atoms with Crippen LogP contribution in [0.4, 0.5) is 40.3 Å². The lowest BCUT2D eigenvalue weighted by molar-refractivity contribution is -0.122. The topological polar surface area (TPSA) is 145 Å². The van der Waals surface area contributed by atoms with Gasteiger partial charge in [0.2, 0.25) is 5.91 Å². The lowest BCUT2D eigenvalue weighted by Gasteiger charge is -2.26. The first-order valence-corrected chi connectivity index (χ1v) is 16.8. The highest BCUT2D eigenvalue weighted by Crippen LogP contribution is 2.48. The van der Waals surface area contributed by atoms with Crippen molar-refractivity contribution in [3.63, 3.8) is 0 Å². The van der Waals surface area contributed by atoms with Crippen molar-refractivity contribution >= 4 is 46.2 Å². The van der Waals surface area contributed by atoms with Crippen molar-refractivity contribution in [3.05, 3.63) is 121 Å². The van der Waals surface area contributed by atoms with Crippen LogP contribution in [-0.4, -0.2) is 36.9 Å². The number of nitrogens with zero attached hydrogens (tertiary/aromatic N) is 7. The monoisotopic (exact) mass is 672 g/mol. The summed E-state index contributed by atoms with van der Waals surface area (Å²) in [6.07, 6.45) is 3.23. The third-order valence-electron chi connectivity index (χ3n) is 8.40. The Hall–Kier alpha value is -6.67. The summed E-state index contributed by atoms with van der Waals surface area (Å²) in [5, 5.41) is 19.4. The molecule has 0 unspecified atom stereocenters. The first-order chi connectivity index (χ1) is 24.8. The van der Waals surface area contributed by atoms with Crippen LogP contribution in [0.2, 0.25) is 0 Å². The molecule has 1 aliphatic rings. The third kappa shape index (κ3) is 7.66. The average molecular weight is 673 g/mol. The van der Waals surface area contributed by atoms with E-state index in [-0.39, 0.29) is 11.9 Å². The zero-order valence-corrected chi connectivity index (χ0v) is 28.5. The third-order valence-corrected chi connectivity index (χ3v) is 8.40. The van der Waals surface area contributed by atoms with Crippen molar-refractivity contribution in [2.45, 2.75) is 39.7 Å². The normalized spacial score (nSPS) is 12.8. The maximum Gasteiger partial charge on any atom is 0.238 e. The van der Waals surface area contributed by atoms with Crippen molar-refractivity contribution in [1.29, 1.82) is 5.26 Å². The molecule has 11 heteroatoms. The lowest BCUT2D eigenvalue weighted by atomic mass is 10.1. The molecule has 6 aromatic rings. The fourth-order valence-corrected chi connectivity index (χ4v) is 5.48. The minimum atomic E-state index is -0.507. The van der Waals surface area contributed by atoms with Crippen molar-refractivity contribution in [2.75, 3.05) is 20.9 Å². The second kappa shape index (κ2) is 14.1. The van der Waals surface area contributed by atoms with E-state index < -0.39 is 5.41 Å². The molecular formula is C40H36N10O. The van der Waals surface area contributed by atoms with Gasteiger partial charge in [-0.25, -0.2) is 19.9 Å². The molecule has 3 aromatic carbocycles. The zero-order chi connectivity index (χ0) is 35.4. The van der Waals surface area contributed by atoms with Crippen molar-refractivity contribution in [2.24, 2.45) is 5.41 Å². The standard InChI is InChI=1S/C40H36N10O/c1-26(2)43-33-22-34(45-30-16-10-11-27(21-30)24-41)48-38(47-33)32-18-17-31(25-42-32)50(39(51)40(3)19-20-40)36-23-35(44-29-14-8-5-9-15-29)46-37(49-36)28-12-6-4-7-13-28/h4-18,21-23,25-26H,19-20H2,1-3H3,(H,44,46,49)(H2,43,45,47,48). The number of amides is 1. The first-order valence-electron chi connectivity index (χ1n) is 16.8. The molecule has 0 atom stereocenters. The quantitative estimate of drug-likeness (QED) is 0.122. The van der Waals surface area contributed by atoms with Crippen LogP contribution in [0.15, 0.2) is 115 Å². The Morgan fingerprint density at radius 3 is 2.12 bits per heavy atom. The predicted octanol–water partition coefficient (Wildman–Crippen LogP) is 8.64. The molecule has 0 aliphatic heterocycles. The fraction of sp³-hybridized carbons (Fsp3) is 0.175. The van der Waals surface area contributed by atoms with E-state index in [9.17, 15) is 10.1 Å². The van der Waals surface area contributed by atoms with Gasteiger partial charge < -0.3 is 16.0 Å². The van der Waals surface area contributed by atoms with E-state index in [0.717, 1.165) is 29.8 Å². The highest BCUT2D eigenvalue weighted by molar-refractivity contribution is 6.04. The molecule has 0 spiro atoms. The summed E-state index contributed by atoms with van der Waals surface area (Å²) in [5.41, 5.74) is 3.51. The van der Waals surface area contributed by atoms with E-state index in [2.05, 4.69) is 22.0 Å². The summed E-state index contributed by atoms with van der Waals surface area (Å²) >= 11 is 0. The molecule has 3 heterocycles. The maximum atomic E-state index is 14.3. The number of aromatic nitrogens is 5. The minimum Gasteiger partial charge on any atom is -0.368 e. The first kappa shape index (κ1) is 32.9. The van der Waals surface area contributed by atoms with Crippen LogP contribution in [0.25, 0.3) is 22.9 Å². The van der Waals surface area contributed by atoms with Crippen LogP contribution in [0.5, 0.6) is 0 Å². The smallest absolute Gasteiger partial charge is 0.238 e. The second-order valence-electron chi connectivity index (χ2n) is 13.0. The van der Waals surface area contributed by atoms with E-state index in [1.54, 1.807) is 29.3 Å². The Labute approximate surface area is 296 Å². The van der Waals surface area contributed by atoms with Gasteiger partial charge in [-0.15, -0.1) is 0 Å². The number of carbonyl (C=O) groups is 1. The number of hydrogen-bond donors (Lipinski definition) is 3. The second-order valence-corrected chi connectivity index (χ2v) is 13.0. The van der Waals surface area contributed by atoms with E-state index in [1.165, 1.54) is 0 Å². The SMILES string of the molecule is CC(C)Nc1cc(Nc2cccc(C#N)c2)nc(-c2ccc(N(C(=O)C3(C)CC3)c3cc(Nc4ccccc4)nc(-c4ccccc4)n3)cn2)n1. The molecule has 11 nitrogen and oxygen atoms in total. The maximum absolute atomic E-state index is 14.3. The van der Waals surface area contributed by atoms with Crippen LogP contribution < -0.4 is 20.9 Å². The van der Waals surface area contributed by atoms with Gasteiger partial charge in [0, 0.05) is 40.5 Å². The van der Waals surface area contributed by atoms with E-state index in [4.69, 9.17) is 24.9 Å². The van der Waals surface area contributed by atoms with Gasteiger partial charge >= 0.3 is 0 Å². The molecule has 7 rings (SSSR count). The average Bonchev–Trinajstić information content (AvgIpc) is 3.90. The van der Waals surface area contributed by atoms with Gasteiger partial charge in [-0.05, 0) is 69.2 Å². The number of anilines is 7. The van der Waals surface area contributed by atoms with Gasteiger partial charge in [0.25, 0.3) is 0 Å². The van der Waals surface area contributed by atoms with E-state index >= 15 is 0 Å². The summed E-state index contributed by atoms with van der Waals surface area (Å²) in [4.78, 5) is 39.9. The van der Waals surface area contributed by atoms with Crippen LogP contribution in [0.3, 0.4) is 0 Å². The van der Waals surface area contributed by atoms with Crippen LogP contribution in [0, 0.1) is 16.7 Å². The molecular weight excluding hydrogens is 637 g/mol. The van der Waals surface area contributed by atoms with Gasteiger partial charge in [0.1, 0.15) is 29.0 Å². The Morgan fingerprint density at radius 1 is 0.765 bits per heavy atom. The number of nitrogens with one attached hydrogen (secondary N) is 3. The largest absolute Gasteiger partial charge is 0.368 e. The van der Waals surface area contributed by atoms with E-state index in [1.807, 2.05) is 112 Å². The minimum absolute atomic E-state index is 0.0640. The summed E-state index contributed by atoms with van der Waals surface area (Å²) in [5.74, 6) is 2.95. The Balaban J connectivity index is 1.28. The highest BCUT2D eigenvalue weighted by Gasteiger charge is 2.48. The number of benzene rings is 3. The number of rotatable bonds is 11. The summed E-state index contributed by atoms with van der Waals surface area (Å²) in [6.45, 7) is 6.04. The van der Waals surface area contributed by atoms with Crippen LogP contribution in [-0.2, 0) is 4.79 Å². The van der Waals surface area contributed by atoms with Gasteiger partial charge in [-0.3, -0.25) is 14.7 Å². The number of carbonyl (C=O) groups excluding carboxylic acids is 1. The van der Waals surface area contributed by atoms with Gasteiger partial charge in [-0.1, -0.05) is 61.5 Å². The Bertz CT molecular complexity index is 2210. The summed E-state index contributed by atoms with van der Waals surface area (Å²) in [7, 11) is 0. The number of nitriles is 1. The summed E-state index contributed by atoms with van der Waals surface area (Å²) in [6, 6.07) is 36.2. The zero-order valence-electron chi connectivity index (χ0n) is 28.5. The molecule has 3 aromatic heterocycles. The molecule has 1 saturated carbocycles.